The zero-order chi connectivity index (χ0) is 32.2. The van der Waals surface area contributed by atoms with Crippen LogP contribution in [0, 0.1) is 13.8 Å². The minimum absolute atomic E-state index is 0.836. The van der Waals surface area contributed by atoms with Crippen LogP contribution in [0.1, 0.15) is 11.1 Å². The van der Waals surface area contributed by atoms with Gasteiger partial charge >= 0.3 is 0 Å². The Labute approximate surface area is 271 Å². The van der Waals surface area contributed by atoms with E-state index in [2.05, 4.69) is 97.1 Å². The molecule has 0 unspecified atom stereocenters. The highest BCUT2D eigenvalue weighted by Crippen LogP contribution is 2.38. The van der Waals surface area contributed by atoms with Crippen LogP contribution in [0.15, 0.2) is 121 Å². The molecule has 6 aromatic carbocycles. The lowest BCUT2D eigenvalue weighted by atomic mass is 9.95. The zero-order valence-corrected chi connectivity index (χ0v) is 27.2. The molecule has 6 aromatic rings. The van der Waals surface area contributed by atoms with E-state index < -0.39 is 0 Å². The summed E-state index contributed by atoms with van der Waals surface area (Å²) in [5, 5.41) is 0. The summed E-state index contributed by atoms with van der Waals surface area (Å²) < 4.78 is 22.4. The molecule has 0 aliphatic rings. The molecule has 230 valence electrons. The van der Waals surface area contributed by atoms with Gasteiger partial charge in [0.25, 0.3) is 0 Å². The number of hydrogen-bond acceptors (Lipinski definition) is 4. The van der Waals surface area contributed by atoms with Crippen molar-refractivity contribution in [2.75, 3.05) is 28.4 Å². The van der Waals surface area contributed by atoms with E-state index in [0.29, 0.717) is 0 Å². The van der Waals surface area contributed by atoms with Gasteiger partial charge < -0.3 is 18.9 Å². The smallest absolute Gasteiger partial charge is 0.127 e. The largest absolute Gasteiger partial charge is 0.496 e. The van der Waals surface area contributed by atoms with Crippen molar-refractivity contribution >= 4 is 0 Å². The Morgan fingerprint density at radius 1 is 0.283 bits per heavy atom. The third kappa shape index (κ3) is 6.07. The summed E-state index contributed by atoms with van der Waals surface area (Å²) in [7, 11) is 6.80. The topological polar surface area (TPSA) is 36.9 Å². The molecule has 0 fully saturated rings. The minimum Gasteiger partial charge on any atom is -0.496 e. The van der Waals surface area contributed by atoms with Crippen LogP contribution in [0.3, 0.4) is 0 Å². The monoisotopic (exact) mass is 606 g/mol. The first kappa shape index (κ1) is 30.5. The molecule has 4 heteroatoms. The molecule has 0 amide bonds. The van der Waals surface area contributed by atoms with Gasteiger partial charge in [-0.25, -0.2) is 0 Å². The first-order chi connectivity index (χ1) is 22.4. The fraction of sp³-hybridized carbons (Fsp3) is 0.143. The standard InChI is InChI=1S/C42H38O4/c1-27-23-41(45-5)37(25-39(27)43-3)35-19-15-33(16-20-35)31-11-7-29(8-12-31)30-9-13-32(14-10-30)34-17-21-36(22-18-34)38-26-40(44-4)28(2)24-42(38)46-6/h7-26H,1-6H3. The van der Waals surface area contributed by atoms with Crippen molar-refractivity contribution in [1.82, 2.24) is 0 Å². The molecule has 0 bridgehead atoms. The normalized spacial score (nSPS) is 10.8. The summed E-state index contributed by atoms with van der Waals surface area (Å²) in [6, 6.07) is 42.7. The fourth-order valence-electron chi connectivity index (χ4n) is 5.95. The predicted molar refractivity (Wildman–Crippen MR) is 189 cm³/mol. The van der Waals surface area contributed by atoms with Gasteiger partial charge in [-0.2, -0.15) is 0 Å². The lowest BCUT2D eigenvalue weighted by molar-refractivity contribution is 0.402. The molecule has 0 saturated heterocycles. The Morgan fingerprint density at radius 3 is 0.717 bits per heavy atom. The number of ether oxygens (including phenoxy) is 4. The summed E-state index contributed by atoms with van der Waals surface area (Å²) in [6.45, 7) is 4.04. The van der Waals surface area contributed by atoms with Gasteiger partial charge in [0.1, 0.15) is 23.0 Å². The van der Waals surface area contributed by atoms with Gasteiger partial charge in [-0.05, 0) is 93.7 Å². The van der Waals surface area contributed by atoms with Gasteiger partial charge in [-0.15, -0.1) is 0 Å². The SMILES string of the molecule is COc1cc(-c2ccc(-c3ccc(-c4ccc(-c5ccc(-c6cc(OC)c(C)cc6OC)cc5)cc4)cc3)cc2)c(OC)cc1C. The van der Waals surface area contributed by atoms with E-state index >= 15 is 0 Å². The van der Waals surface area contributed by atoms with Gasteiger partial charge in [0.15, 0.2) is 0 Å². The molecule has 46 heavy (non-hydrogen) atoms. The summed E-state index contributed by atoms with van der Waals surface area (Å²) in [4.78, 5) is 0. The van der Waals surface area contributed by atoms with E-state index in [1.165, 1.54) is 22.3 Å². The fourth-order valence-corrected chi connectivity index (χ4v) is 5.95. The highest BCUT2D eigenvalue weighted by molar-refractivity contribution is 5.79. The van der Waals surface area contributed by atoms with Gasteiger partial charge in [-0.1, -0.05) is 97.1 Å². The van der Waals surface area contributed by atoms with Crippen molar-refractivity contribution in [2.24, 2.45) is 0 Å². The molecule has 4 nitrogen and oxygen atoms in total. The average Bonchev–Trinajstić information content (AvgIpc) is 3.11. The van der Waals surface area contributed by atoms with Crippen molar-refractivity contribution in [1.29, 1.82) is 0 Å². The first-order valence-electron chi connectivity index (χ1n) is 15.3. The molecule has 6 rings (SSSR count). The maximum absolute atomic E-state index is 5.66. The Hall–Kier alpha value is -5.48. The summed E-state index contributed by atoms with van der Waals surface area (Å²) >= 11 is 0. The van der Waals surface area contributed by atoms with E-state index in [1.54, 1.807) is 28.4 Å². The number of benzene rings is 6. The van der Waals surface area contributed by atoms with E-state index in [9.17, 15) is 0 Å². The van der Waals surface area contributed by atoms with Crippen molar-refractivity contribution < 1.29 is 18.9 Å². The Morgan fingerprint density at radius 2 is 0.500 bits per heavy atom. The van der Waals surface area contributed by atoms with Gasteiger partial charge in [0.05, 0.1) is 28.4 Å². The summed E-state index contributed by atoms with van der Waals surface area (Å²) in [6.07, 6.45) is 0. The van der Waals surface area contributed by atoms with Crippen LogP contribution in [-0.4, -0.2) is 28.4 Å². The molecular weight excluding hydrogens is 568 g/mol. The lowest BCUT2D eigenvalue weighted by Gasteiger charge is -2.14. The molecule has 0 N–H and O–H groups in total. The van der Waals surface area contributed by atoms with Crippen molar-refractivity contribution in [3.8, 4) is 78.6 Å². The highest BCUT2D eigenvalue weighted by Gasteiger charge is 2.13. The number of hydrogen-bond donors (Lipinski definition) is 0. The Kier molecular flexibility index (Phi) is 8.80. The maximum Gasteiger partial charge on any atom is 0.127 e. The van der Waals surface area contributed by atoms with Crippen LogP contribution in [0.2, 0.25) is 0 Å². The van der Waals surface area contributed by atoms with Crippen LogP contribution >= 0.6 is 0 Å². The van der Waals surface area contributed by atoms with Crippen LogP contribution in [0.5, 0.6) is 23.0 Å². The Balaban J connectivity index is 1.17. The quantitative estimate of drug-likeness (QED) is 0.164. The molecule has 0 heterocycles. The summed E-state index contributed by atoms with van der Waals surface area (Å²) in [5.74, 6) is 3.37. The summed E-state index contributed by atoms with van der Waals surface area (Å²) in [5.41, 5.74) is 13.3. The van der Waals surface area contributed by atoms with E-state index in [1.807, 2.05) is 38.1 Å². The number of methoxy groups -OCH3 is 4. The molecule has 0 spiro atoms. The second-order valence-corrected chi connectivity index (χ2v) is 11.4. The second kappa shape index (κ2) is 13.3. The molecule has 0 saturated carbocycles. The third-order valence-corrected chi connectivity index (χ3v) is 8.60. The van der Waals surface area contributed by atoms with Crippen LogP contribution in [0.25, 0.3) is 55.6 Å². The van der Waals surface area contributed by atoms with Crippen LogP contribution < -0.4 is 18.9 Å². The Bertz CT molecular complexity index is 1810. The first-order valence-corrected chi connectivity index (χ1v) is 15.3. The van der Waals surface area contributed by atoms with Crippen molar-refractivity contribution in [3.05, 3.63) is 132 Å². The lowest BCUT2D eigenvalue weighted by Crippen LogP contribution is -1.93. The van der Waals surface area contributed by atoms with Crippen LogP contribution in [0.4, 0.5) is 0 Å². The number of rotatable bonds is 9. The van der Waals surface area contributed by atoms with Crippen molar-refractivity contribution in [3.63, 3.8) is 0 Å². The average molecular weight is 607 g/mol. The molecule has 0 aliphatic carbocycles. The highest BCUT2D eigenvalue weighted by atomic mass is 16.5. The molecule has 0 atom stereocenters. The molecular formula is C42H38O4. The minimum atomic E-state index is 0.836. The number of aryl methyl sites for hydroxylation is 2. The van der Waals surface area contributed by atoms with Gasteiger partial charge in [-0.3, -0.25) is 0 Å². The maximum atomic E-state index is 5.66. The van der Waals surface area contributed by atoms with Gasteiger partial charge in [0, 0.05) is 11.1 Å². The third-order valence-electron chi connectivity index (χ3n) is 8.60. The second-order valence-electron chi connectivity index (χ2n) is 11.4. The van der Waals surface area contributed by atoms with Crippen molar-refractivity contribution in [2.45, 2.75) is 13.8 Å². The van der Waals surface area contributed by atoms with Crippen LogP contribution in [-0.2, 0) is 0 Å². The van der Waals surface area contributed by atoms with Gasteiger partial charge in [0.2, 0.25) is 0 Å². The van der Waals surface area contributed by atoms with E-state index in [4.69, 9.17) is 18.9 Å². The van der Waals surface area contributed by atoms with E-state index in [-0.39, 0.29) is 0 Å². The van der Waals surface area contributed by atoms with E-state index in [0.717, 1.165) is 67.5 Å². The molecule has 0 radical (unpaired) electrons. The predicted octanol–water partition coefficient (Wildman–Crippen LogP) is 10.7. The molecule has 0 aromatic heterocycles. The zero-order valence-electron chi connectivity index (χ0n) is 27.2. The molecule has 0 aliphatic heterocycles.